The Labute approximate surface area is 197 Å². The third-order valence-electron chi connectivity index (χ3n) is 5.99. The fraction of sp³-hybridized carbons (Fsp3) is 0.269. The van der Waals surface area contributed by atoms with E-state index < -0.39 is 11.0 Å². The molecule has 0 amide bonds. The lowest BCUT2D eigenvalue weighted by atomic mass is 9.98. The van der Waals surface area contributed by atoms with E-state index in [1.807, 2.05) is 48.5 Å². The number of carbonyl (C=O) groups excluding carboxylic acids is 1. The molecule has 0 saturated carbocycles. The van der Waals surface area contributed by atoms with Gasteiger partial charge in [-0.3, -0.25) is 19.8 Å². The summed E-state index contributed by atoms with van der Waals surface area (Å²) in [6.07, 6.45) is 0. The quantitative estimate of drug-likeness (QED) is 0.197. The molecule has 8 heteroatoms. The first kappa shape index (κ1) is 23.3. The van der Waals surface area contributed by atoms with E-state index in [1.165, 1.54) is 12.1 Å². The van der Waals surface area contributed by atoms with Gasteiger partial charge >= 0.3 is 5.97 Å². The molecular formula is C26H26N2O6. The van der Waals surface area contributed by atoms with E-state index in [0.29, 0.717) is 0 Å². The average Bonchev–Trinajstić information content (AvgIpc) is 3.60. The molecule has 176 valence electrons. The lowest BCUT2D eigenvalue weighted by Gasteiger charge is -2.22. The monoisotopic (exact) mass is 462 g/mol. The minimum atomic E-state index is -0.518. The molecule has 1 saturated heterocycles. The van der Waals surface area contributed by atoms with Gasteiger partial charge in [-0.05, 0) is 47.9 Å². The van der Waals surface area contributed by atoms with Crippen molar-refractivity contribution in [2.24, 2.45) is 0 Å². The highest BCUT2D eigenvalue weighted by molar-refractivity contribution is 5.81. The Morgan fingerprint density at radius 2 is 1.41 bits per heavy atom. The molecule has 4 rings (SSSR count). The summed E-state index contributed by atoms with van der Waals surface area (Å²) < 4.78 is 16.0. The second-order valence-electron chi connectivity index (χ2n) is 7.89. The zero-order valence-electron chi connectivity index (χ0n) is 19.2. The molecule has 0 N–H and O–H groups in total. The smallest absolute Gasteiger partial charge is 0.325 e. The number of benzene rings is 3. The number of carbonyl (C=O) groups is 1. The molecule has 3 aromatic rings. The Balaban J connectivity index is 1.77. The number of non-ortho nitro benzene ring substituents is 1. The number of nitro groups is 1. The van der Waals surface area contributed by atoms with Gasteiger partial charge in [0.1, 0.15) is 17.5 Å². The molecule has 3 aromatic carbocycles. The second kappa shape index (κ2) is 9.93. The Morgan fingerprint density at radius 3 is 1.82 bits per heavy atom. The van der Waals surface area contributed by atoms with Crippen molar-refractivity contribution >= 4 is 11.7 Å². The summed E-state index contributed by atoms with van der Waals surface area (Å²) in [5, 5.41) is 11.1. The minimum absolute atomic E-state index is 0.00509. The molecule has 8 nitrogen and oxygen atoms in total. The number of nitro benzene ring substituents is 1. The van der Waals surface area contributed by atoms with Gasteiger partial charge in [0, 0.05) is 12.1 Å². The maximum Gasteiger partial charge on any atom is 0.325 e. The van der Waals surface area contributed by atoms with Crippen LogP contribution in [-0.2, 0) is 9.53 Å². The van der Waals surface area contributed by atoms with Gasteiger partial charge < -0.3 is 14.2 Å². The minimum Gasteiger partial charge on any atom is -0.497 e. The van der Waals surface area contributed by atoms with Crippen LogP contribution >= 0.6 is 0 Å². The van der Waals surface area contributed by atoms with Gasteiger partial charge in [0.25, 0.3) is 5.69 Å². The van der Waals surface area contributed by atoms with Crippen molar-refractivity contribution in [2.75, 3.05) is 20.8 Å². The Hall–Kier alpha value is -3.91. The van der Waals surface area contributed by atoms with Crippen LogP contribution in [0.15, 0.2) is 72.8 Å². The molecule has 34 heavy (non-hydrogen) atoms. The van der Waals surface area contributed by atoms with Crippen molar-refractivity contribution in [1.82, 2.24) is 4.90 Å². The van der Waals surface area contributed by atoms with E-state index in [0.717, 1.165) is 28.2 Å². The number of methoxy groups -OCH3 is 2. The average molecular weight is 463 g/mol. The highest BCUT2D eigenvalue weighted by atomic mass is 16.6. The van der Waals surface area contributed by atoms with Gasteiger partial charge in [-0.15, -0.1) is 0 Å². The summed E-state index contributed by atoms with van der Waals surface area (Å²) in [5.74, 6) is 1.15. The van der Waals surface area contributed by atoms with Crippen molar-refractivity contribution in [3.05, 3.63) is 99.6 Å². The van der Waals surface area contributed by atoms with Crippen LogP contribution in [0.1, 0.15) is 35.7 Å². The molecule has 1 fully saturated rings. The predicted octanol–water partition coefficient (Wildman–Crippen LogP) is 4.69. The topological polar surface area (TPSA) is 90.9 Å². The van der Waals surface area contributed by atoms with Crippen molar-refractivity contribution in [3.8, 4) is 11.5 Å². The molecule has 3 atom stereocenters. The van der Waals surface area contributed by atoms with Crippen LogP contribution in [0.2, 0.25) is 0 Å². The summed E-state index contributed by atoms with van der Waals surface area (Å²) in [7, 11) is 3.23. The van der Waals surface area contributed by atoms with Crippen LogP contribution in [0, 0.1) is 10.1 Å². The van der Waals surface area contributed by atoms with Gasteiger partial charge in [-0.25, -0.2) is 0 Å². The zero-order chi connectivity index (χ0) is 24.2. The van der Waals surface area contributed by atoms with Crippen LogP contribution < -0.4 is 9.47 Å². The fourth-order valence-electron chi connectivity index (χ4n) is 4.30. The van der Waals surface area contributed by atoms with Gasteiger partial charge in [-0.2, -0.15) is 0 Å². The Bertz CT molecular complexity index is 1100. The lowest BCUT2D eigenvalue weighted by Crippen LogP contribution is -2.20. The van der Waals surface area contributed by atoms with Gasteiger partial charge in [0.2, 0.25) is 0 Å². The van der Waals surface area contributed by atoms with Crippen molar-refractivity contribution < 1.29 is 23.9 Å². The largest absolute Gasteiger partial charge is 0.497 e. The van der Waals surface area contributed by atoms with E-state index in [4.69, 9.17) is 14.2 Å². The standard InChI is InChI=1S/C26H26N2O6/c1-4-34-26(29)25-24(19-5-11-20(12-6-19)28(30)31)27(25)23(17-7-13-21(32-2)14-8-17)18-9-15-22(33-3)16-10-18/h5-16,23-25H,4H2,1-3H3/t24-,25-,27?/m0/s1. The Kier molecular flexibility index (Phi) is 6.79. The maximum atomic E-state index is 12.9. The molecule has 0 aliphatic carbocycles. The van der Waals surface area contributed by atoms with Gasteiger partial charge in [-0.1, -0.05) is 36.4 Å². The summed E-state index contributed by atoms with van der Waals surface area (Å²) in [4.78, 5) is 25.7. The first-order valence-electron chi connectivity index (χ1n) is 10.9. The van der Waals surface area contributed by atoms with Crippen molar-refractivity contribution in [3.63, 3.8) is 0 Å². The van der Waals surface area contributed by atoms with Crippen LogP contribution in [-0.4, -0.2) is 42.7 Å². The first-order valence-corrected chi connectivity index (χ1v) is 10.9. The summed E-state index contributed by atoms with van der Waals surface area (Å²) in [5.41, 5.74) is 2.77. The normalized spacial score (nSPS) is 18.9. The molecule has 1 unspecified atom stereocenters. The third kappa shape index (κ3) is 4.58. The molecule has 0 radical (unpaired) electrons. The highest BCUT2D eigenvalue weighted by Gasteiger charge is 2.58. The highest BCUT2D eigenvalue weighted by Crippen LogP contribution is 2.52. The zero-order valence-corrected chi connectivity index (χ0v) is 19.2. The van der Waals surface area contributed by atoms with E-state index in [-0.39, 0.29) is 30.3 Å². The summed E-state index contributed by atoms with van der Waals surface area (Å²) >= 11 is 0. The van der Waals surface area contributed by atoms with Crippen molar-refractivity contribution in [1.29, 1.82) is 0 Å². The molecule has 0 spiro atoms. The molecule has 1 heterocycles. The predicted molar refractivity (Wildman–Crippen MR) is 126 cm³/mol. The lowest BCUT2D eigenvalue weighted by molar-refractivity contribution is -0.384. The summed E-state index contributed by atoms with van der Waals surface area (Å²) in [6, 6.07) is 20.7. The number of hydrogen-bond acceptors (Lipinski definition) is 7. The molecule has 1 aliphatic heterocycles. The molecule has 1 aliphatic rings. The van der Waals surface area contributed by atoms with Crippen LogP contribution in [0.25, 0.3) is 0 Å². The summed E-state index contributed by atoms with van der Waals surface area (Å²) in [6.45, 7) is 2.04. The number of hydrogen-bond donors (Lipinski definition) is 0. The van der Waals surface area contributed by atoms with E-state index in [1.54, 1.807) is 33.3 Å². The van der Waals surface area contributed by atoms with Crippen LogP contribution in [0.3, 0.4) is 0 Å². The van der Waals surface area contributed by atoms with E-state index in [2.05, 4.69) is 4.90 Å². The van der Waals surface area contributed by atoms with Gasteiger partial charge in [0.15, 0.2) is 0 Å². The van der Waals surface area contributed by atoms with E-state index >= 15 is 0 Å². The van der Waals surface area contributed by atoms with Crippen LogP contribution in [0.5, 0.6) is 11.5 Å². The number of ether oxygens (including phenoxy) is 3. The number of nitrogens with zero attached hydrogens (tertiary/aromatic N) is 2. The molecule has 0 aromatic heterocycles. The number of esters is 1. The van der Waals surface area contributed by atoms with E-state index in [9.17, 15) is 14.9 Å². The van der Waals surface area contributed by atoms with Crippen molar-refractivity contribution in [2.45, 2.75) is 25.0 Å². The Morgan fingerprint density at radius 1 is 0.912 bits per heavy atom. The molecule has 0 bridgehead atoms. The fourth-order valence-corrected chi connectivity index (χ4v) is 4.30. The third-order valence-corrected chi connectivity index (χ3v) is 5.99. The van der Waals surface area contributed by atoms with Crippen LogP contribution in [0.4, 0.5) is 5.69 Å². The maximum absolute atomic E-state index is 12.9. The SMILES string of the molecule is CCOC(=O)[C@@H]1[C@H](c2ccc([N+](=O)[O-])cc2)N1C(c1ccc(OC)cc1)c1ccc(OC)cc1. The first-order chi connectivity index (χ1) is 16.5. The number of rotatable bonds is 9. The van der Waals surface area contributed by atoms with Gasteiger partial charge in [0.05, 0.1) is 37.8 Å². The molecular weight excluding hydrogens is 436 g/mol. The second-order valence-corrected chi connectivity index (χ2v) is 7.89.